The fourth-order valence-electron chi connectivity index (χ4n) is 6.59. The third kappa shape index (κ3) is 10.6. The number of hydrogen-bond acceptors (Lipinski definition) is 9. The van der Waals surface area contributed by atoms with E-state index in [4.69, 9.17) is 21.4 Å². The highest BCUT2D eigenvalue weighted by Crippen LogP contribution is 2.28. The standard InChI is InChI=1S/C23H23N5O.C13H18N2.C10H7N3O2/c1-15-10-18(23(3,4)13-25)8-9-19(15)16(2)27-21(29)12-28-14-26-20-7-5-6-17(11-24)22(20)28;1-9-7-11(13(3,4)8-14)5-6-12(9)10(2)15;11-4-7-2-1-3-8-10(7)13(6-12-8)5-9(14)15/h5-10,14,16H,12H2,1-4H3,(H,27,29);5-7,10H,15H2,1-4H3;1-3,6H,5H2,(H,14,15). The quantitative estimate of drug-likeness (QED) is 0.129. The number of amides is 1. The molecule has 13 heteroatoms. The van der Waals surface area contributed by atoms with Crippen molar-refractivity contribution in [2.45, 2.75) is 91.4 Å². The van der Waals surface area contributed by atoms with Crippen molar-refractivity contribution in [3.8, 4) is 24.3 Å². The SMILES string of the molecule is Cc1cc(C(C)(C)C#N)ccc1C(C)N.Cc1cc(C(C)(C)C#N)ccc1C(C)NC(=O)Cn1cnc2cccc(C#N)c21.N#Cc1cccc2ncn(CC(=O)O)c12. The molecule has 2 aromatic heterocycles. The zero-order chi connectivity index (χ0) is 43.7. The highest BCUT2D eigenvalue weighted by molar-refractivity contribution is 5.85. The van der Waals surface area contributed by atoms with Crippen LogP contribution in [0.5, 0.6) is 0 Å². The van der Waals surface area contributed by atoms with Gasteiger partial charge in [-0.2, -0.15) is 21.0 Å². The maximum atomic E-state index is 12.6. The van der Waals surface area contributed by atoms with Crippen LogP contribution in [0.3, 0.4) is 0 Å². The van der Waals surface area contributed by atoms with Gasteiger partial charge in [0.1, 0.15) is 25.2 Å². The predicted octanol–water partition coefficient (Wildman–Crippen LogP) is 7.70. The Labute approximate surface area is 344 Å². The van der Waals surface area contributed by atoms with Crippen molar-refractivity contribution in [1.82, 2.24) is 24.4 Å². The van der Waals surface area contributed by atoms with Crippen LogP contribution < -0.4 is 11.1 Å². The molecule has 4 N–H and O–H groups in total. The number of aryl methyl sites for hydroxylation is 2. The van der Waals surface area contributed by atoms with Gasteiger partial charge in [0.15, 0.2) is 0 Å². The summed E-state index contributed by atoms with van der Waals surface area (Å²) in [6, 6.07) is 31.0. The molecule has 2 atom stereocenters. The number of nitrogens with two attached hydrogens (primary N) is 1. The molecule has 0 aliphatic carbocycles. The molecule has 1 amide bonds. The molecule has 0 radical (unpaired) electrons. The summed E-state index contributed by atoms with van der Waals surface area (Å²) >= 11 is 0. The number of nitriles is 4. The van der Waals surface area contributed by atoms with Crippen LogP contribution in [0.25, 0.3) is 22.1 Å². The smallest absolute Gasteiger partial charge is 0.323 e. The first-order chi connectivity index (χ1) is 27.9. The van der Waals surface area contributed by atoms with Gasteiger partial charge in [-0.25, -0.2) is 9.97 Å². The first-order valence-corrected chi connectivity index (χ1v) is 18.9. The van der Waals surface area contributed by atoms with E-state index in [-0.39, 0.29) is 31.1 Å². The largest absolute Gasteiger partial charge is 0.480 e. The van der Waals surface area contributed by atoms with Crippen molar-refractivity contribution < 1.29 is 14.7 Å². The monoisotopic (exact) mass is 788 g/mol. The van der Waals surface area contributed by atoms with Crippen LogP contribution in [-0.2, 0) is 33.5 Å². The van der Waals surface area contributed by atoms with E-state index >= 15 is 0 Å². The molecular weight excluding hydrogens is 741 g/mol. The number of carbonyl (C=O) groups excluding carboxylic acids is 1. The van der Waals surface area contributed by atoms with Gasteiger partial charge < -0.3 is 25.3 Å². The topological polar surface area (TPSA) is 223 Å². The molecule has 0 saturated carbocycles. The second-order valence-corrected chi connectivity index (χ2v) is 15.4. The number of rotatable bonds is 9. The lowest BCUT2D eigenvalue weighted by Crippen LogP contribution is -2.30. The summed E-state index contributed by atoms with van der Waals surface area (Å²) in [5.41, 5.74) is 14.7. The second kappa shape index (κ2) is 18.7. The van der Waals surface area contributed by atoms with Crippen molar-refractivity contribution in [3.05, 3.63) is 130 Å². The Morgan fingerprint density at radius 3 is 1.56 bits per heavy atom. The predicted molar refractivity (Wildman–Crippen MR) is 225 cm³/mol. The number of aliphatic carboxylic acids is 1. The van der Waals surface area contributed by atoms with Gasteiger partial charge >= 0.3 is 5.97 Å². The summed E-state index contributed by atoms with van der Waals surface area (Å²) in [6.45, 7) is 15.4. The van der Waals surface area contributed by atoms with E-state index in [2.05, 4.69) is 39.6 Å². The second-order valence-electron chi connectivity index (χ2n) is 15.4. The van der Waals surface area contributed by atoms with E-state index in [0.717, 1.165) is 33.4 Å². The van der Waals surface area contributed by atoms with Crippen LogP contribution in [0.4, 0.5) is 0 Å². The zero-order valence-electron chi connectivity index (χ0n) is 34.6. The van der Waals surface area contributed by atoms with Crippen molar-refractivity contribution in [1.29, 1.82) is 21.0 Å². The summed E-state index contributed by atoms with van der Waals surface area (Å²) in [5.74, 6) is -1.12. The van der Waals surface area contributed by atoms with Crippen LogP contribution in [-0.4, -0.2) is 36.1 Å². The van der Waals surface area contributed by atoms with Crippen LogP contribution in [0.2, 0.25) is 0 Å². The maximum absolute atomic E-state index is 12.6. The molecule has 0 aliphatic rings. The Bertz CT molecular complexity index is 2680. The Balaban J connectivity index is 0.000000215. The van der Waals surface area contributed by atoms with E-state index in [9.17, 15) is 20.1 Å². The molecule has 0 spiro atoms. The number of nitrogens with zero attached hydrogens (tertiary/aromatic N) is 8. The molecule has 59 heavy (non-hydrogen) atoms. The molecule has 2 unspecified atom stereocenters. The molecule has 4 aromatic carbocycles. The van der Waals surface area contributed by atoms with Crippen molar-refractivity contribution in [2.75, 3.05) is 0 Å². The van der Waals surface area contributed by atoms with Crippen molar-refractivity contribution >= 4 is 33.9 Å². The summed E-state index contributed by atoms with van der Waals surface area (Å²) < 4.78 is 3.15. The number of carboxylic acids is 1. The number of fused-ring (bicyclic) bond motifs is 2. The average Bonchev–Trinajstić information content (AvgIpc) is 3.81. The minimum atomic E-state index is -0.956. The van der Waals surface area contributed by atoms with Crippen molar-refractivity contribution in [2.24, 2.45) is 5.73 Å². The van der Waals surface area contributed by atoms with Gasteiger partial charge in [0.2, 0.25) is 5.91 Å². The van der Waals surface area contributed by atoms with Crippen LogP contribution >= 0.6 is 0 Å². The van der Waals surface area contributed by atoms with Gasteiger partial charge in [-0.1, -0.05) is 48.5 Å². The minimum Gasteiger partial charge on any atom is -0.480 e. The zero-order valence-corrected chi connectivity index (χ0v) is 34.6. The number of benzene rings is 4. The number of carbonyl (C=O) groups is 2. The number of imidazole rings is 2. The van der Waals surface area contributed by atoms with Crippen LogP contribution in [0.1, 0.15) is 98.1 Å². The molecular formula is C46H48N10O3. The number of para-hydroxylation sites is 2. The Morgan fingerprint density at radius 2 is 1.17 bits per heavy atom. The lowest BCUT2D eigenvalue weighted by molar-refractivity contribution is -0.137. The third-order valence-corrected chi connectivity index (χ3v) is 10.0. The fraction of sp³-hybridized carbons (Fsp3) is 0.304. The summed E-state index contributed by atoms with van der Waals surface area (Å²) in [7, 11) is 0. The van der Waals surface area contributed by atoms with Gasteiger partial charge in [0.25, 0.3) is 0 Å². The average molecular weight is 789 g/mol. The Morgan fingerprint density at radius 1 is 0.729 bits per heavy atom. The molecule has 0 aliphatic heterocycles. The normalized spacial score (nSPS) is 11.9. The lowest BCUT2D eigenvalue weighted by Gasteiger charge is -2.21. The number of carboxylic acid groups (broad SMARTS) is 1. The Kier molecular flexibility index (Phi) is 14.1. The van der Waals surface area contributed by atoms with Gasteiger partial charge in [-0.3, -0.25) is 9.59 Å². The first-order valence-electron chi connectivity index (χ1n) is 18.9. The van der Waals surface area contributed by atoms with Crippen molar-refractivity contribution in [3.63, 3.8) is 0 Å². The summed E-state index contributed by atoms with van der Waals surface area (Å²) in [4.78, 5) is 31.5. The minimum absolute atomic E-state index is 0.0456. The van der Waals surface area contributed by atoms with Gasteiger partial charge in [-0.15, -0.1) is 0 Å². The number of nitrogens with one attached hydrogen (secondary N) is 1. The molecule has 0 saturated heterocycles. The van der Waals surface area contributed by atoms with E-state index in [1.807, 2.05) is 97.9 Å². The van der Waals surface area contributed by atoms with Gasteiger partial charge in [-0.05, 0) is 113 Å². The Hall–Kier alpha value is -7.32. The first kappa shape index (κ1) is 44.4. The van der Waals surface area contributed by atoms with Crippen LogP contribution in [0, 0.1) is 59.2 Å². The lowest BCUT2D eigenvalue weighted by atomic mass is 9.84. The number of aromatic nitrogens is 4. The molecule has 6 rings (SSSR count). The molecule has 13 nitrogen and oxygen atoms in total. The van der Waals surface area contributed by atoms with E-state index < -0.39 is 16.8 Å². The van der Waals surface area contributed by atoms with Gasteiger partial charge in [0.05, 0.1) is 74.9 Å². The molecule has 6 aromatic rings. The molecule has 300 valence electrons. The highest BCUT2D eigenvalue weighted by Gasteiger charge is 2.22. The molecule has 2 heterocycles. The summed E-state index contributed by atoms with van der Waals surface area (Å²) in [6.07, 6.45) is 3.01. The fourth-order valence-corrected chi connectivity index (χ4v) is 6.59. The maximum Gasteiger partial charge on any atom is 0.323 e. The van der Waals surface area contributed by atoms with E-state index in [1.54, 1.807) is 41.2 Å². The third-order valence-electron chi connectivity index (χ3n) is 10.0. The van der Waals surface area contributed by atoms with Crippen LogP contribution in [0.15, 0.2) is 85.5 Å². The van der Waals surface area contributed by atoms with E-state index in [0.29, 0.717) is 33.2 Å². The molecule has 0 fully saturated rings. The highest BCUT2D eigenvalue weighted by atomic mass is 16.4. The number of hydrogen-bond donors (Lipinski definition) is 3. The summed E-state index contributed by atoms with van der Waals surface area (Å²) in [5, 5.41) is 48.3. The van der Waals surface area contributed by atoms with E-state index in [1.165, 1.54) is 10.9 Å². The molecule has 0 bridgehead atoms. The van der Waals surface area contributed by atoms with Gasteiger partial charge in [0, 0.05) is 6.04 Å².